The van der Waals surface area contributed by atoms with Crippen LogP contribution in [0.25, 0.3) is 0 Å². The van der Waals surface area contributed by atoms with Gasteiger partial charge in [-0.1, -0.05) is 25.1 Å². The number of carbonyl (C=O) groups excluding carboxylic acids is 1. The second-order valence-corrected chi connectivity index (χ2v) is 4.01. The number of nitrogens with one attached hydrogen (secondary N) is 2. The zero-order chi connectivity index (χ0) is 15.1. The van der Waals surface area contributed by atoms with Crippen LogP contribution in [0.1, 0.15) is 18.9 Å². The van der Waals surface area contributed by atoms with E-state index in [0.717, 1.165) is 0 Å². The Hall–Kier alpha value is -2.64. The Kier molecular flexibility index (Phi) is 5.45. The number of carbonyl (C=O) groups is 2. The summed E-state index contributed by atoms with van der Waals surface area (Å²) in [5.74, 6) is -1.13. The molecule has 0 aliphatic heterocycles. The summed E-state index contributed by atoms with van der Waals surface area (Å²) in [7, 11) is 0. The minimum absolute atomic E-state index is 0.0565. The van der Waals surface area contributed by atoms with E-state index in [1.54, 1.807) is 13.0 Å². The molecule has 0 unspecified atom stereocenters. The van der Waals surface area contributed by atoms with Crippen molar-refractivity contribution >= 4 is 17.7 Å². The Morgan fingerprint density at radius 2 is 2.05 bits per heavy atom. The Morgan fingerprint density at radius 1 is 1.40 bits per heavy atom. The summed E-state index contributed by atoms with van der Waals surface area (Å²) in [4.78, 5) is 32.5. The summed E-state index contributed by atoms with van der Waals surface area (Å²) in [6, 6.07) is 4.33. The molecule has 0 aromatic heterocycles. The van der Waals surface area contributed by atoms with E-state index >= 15 is 0 Å². The van der Waals surface area contributed by atoms with Gasteiger partial charge < -0.3 is 15.7 Å². The van der Waals surface area contributed by atoms with Crippen molar-refractivity contribution in [3.63, 3.8) is 0 Å². The fraction of sp³-hybridized carbons (Fsp3) is 0.333. The highest BCUT2D eigenvalue weighted by molar-refractivity contribution is 5.82. The lowest BCUT2D eigenvalue weighted by atomic mass is 10.2. The molecule has 0 saturated carbocycles. The van der Waals surface area contributed by atoms with Crippen molar-refractivity contribution in [3.05, 3.63) is 39.9 Å². The van der Waals surface area contributed by atoms with Gasteiger partial charge in [0.2, 0.25) is 0 Å². The zero-order valence-corrected chi connectivity index (χ0v) is 10.8. The minimum atomic E-state index is -1.13. The molecule has 20 heavy (non-hydrogen) atoms. The van der Waals surface area contributed by atoms with Gasteiger partial charge in [-0.2, -0.15) is 0 Å². The van der Waals surface area contributed by atoms with Crippen molar-refractivity contribution < 1.29 is 19.6 Å². The molecule has 1 atom stereocenters. The molecule has 108 valence electrons. The molecular weight excluding hydrogens is 266 g/mol. The predicted molar refractivity (Wildman–Crippen MR) is 70.2 cm³/mol. The maximum absolute atomic E-state index is 11.5. The number of benzene rings is 1. The SMILES string of the molecule is CC[C@@H](NC(=O)NCc1ccccc1[N+](=O)[O-])C(=O)O. The molecule has 3 N–H and O–H groups in total. The maximum atomic E-state index is 11.5. The minimum Gasteiger partial charge on any atom is -0.480 e. The van der Waals surface area contributed by atoms with Crippen molar-refractivity contribution in [3.8, 4) is 0 Å². The number of carboxylic acids is 1. The number of aliphatic carboxylic acids is 1. The average molecular weight is 281 g/mol. The fourth-order valence-corrected chi connectivity index (χ4v) is 1.56. The number of nitro benzene ring substituents is 1. The maximum Gasteiger partial charge on any atom is 0.326 e. The largest absolute Gasteiger partial charge is 0.480 e. The topological polar surface area (TPSA) is 122 Å². The number of hydrogen-bond acceptors (Lipinski definition) is 4. The third-order valence-electron chi connectivity index (χ3n) is 2.64. The van der Waals surface area contributed by atoms with E-state index in [2.05, 4.69) is 10.6 Å². The molecule has 0 bridgehead atoms. The Bertz CT molecular complexity index is 518. The third kappa shape index (κ3) is 4.23. The van der Waals surface area contributed by atoms with Crippen LogP contribution in [-0.2, 0) is 11.3 Å². The van der Waals surface area contributed by atoms with Crippen molar-refractivity contribution in [1.29, 1.82) is 0 Å². The van der Waals surface area contributed by atoms with Crippen LogP contribution in [0, 0.1) is 10.1 Å². The first-order valence-electron chi connectivity index (χ1n) is 5.95. The number of hydrogen-bond donors (Lipinski definition) is 3. The number of para-hydroxylation sites is 1. The third-order valence-corrected chi connectivity index (χ3v) is 2.64. The van der Waals surface area contributed by atoms with Gasteiger partial charge in [0.1, 0.15) is 6.04 Å². The fourth-order valence-electron chi connectivity index (χ4n) is 1.56. The molecule has 1 rings (SSSR count). The van der Waals surface area contributed by atoms with Crippen LogP contribution in [0.5, 0.6) is 0 Å². The molecule has 0 spiro atoms. The van der Waals surface area contributed by atoms with Crippen LogP contribution in [-0.4, -0.2) is 28.1 Å². The summed E-state index contributed by atoms with van der Waals surface area (Å²) < 4.78 is 0. The first-order valence-corrected chi connectivity index (χ1v) is 5.95. The van der Waals surface area contributed by atoms with Crippen molar-refractivity contribution in [2.45, 2.75) is 25.9 Å². The van der Waals surface area contributed by atoms with Gasteiger partial charge in [0.15, 0.2) is 0 Å². The molecule has 0 fully saturated rings. The van der Waals surface area contributed by atoms with E-state index < -0.39 is 23.0 Å². The van der Waals surface area contributed by atoms with Gasteiger partial charge in [-0.25, -0.2) is 9.59 Å². The Balaban J connectivity index is 2.61. The Labute approximate surface area is 114 Å². The molecular formula is C12H15N3O5. The number of carboxylic acid groups (broad SMARTS) is 1. The standard InChI is InChI=1S/C12H15N3O5/c1-2-9(11(16)17)14-12(18)13-7-8-5-3-4-6-10(8)15(19)20/h3-6,9H,2,7H2,1H3,(H,16,17)(H2,13,14,18)/t9-/m1/s1. The highest BCUT2D eigenvalue weighted by Crippen LogP contribution is 2.16. The van der Waals surface area contributed by atoms with Crippen LogP contribution in [0.3, 0.4) is 0 Å². The number of nitrogens with zero attached hydrogens (tertiary/aromatic N) is 1. The van der Waals surface area contributed by atoms with E-state index in [9.17, 15) is 19.7 Å². The number of urea groups is 1. The van der Waals surface area contributed by atoms with Gasteiger partial charge in [0, 0.05) is 11.6 Å². The predicted octanol–water partition coefficient (Wildman–Crippen LogP) is 1.26. The molecule has 0 heterocycles. The van der Waals surface area contributed by atoms with E-state index in [4.69, 9.17) is 5.11 Å². The number of nitro groups is 1. The first-order chi connectivity index (χ1) is 9.45. The van der Waals surface area contributed by atoms with Crippen LogP contribution in [0.2, 0.25) is 0 Å². The van der Waals surface area contributed by atoms with Crippen molar-refractivity contribution in [2.24, 2.45) is 0 Å². The first kappa shape index (κ1) is 15.4. The smallest absolute Gasteiger partial charge is 0.326 e. The molecule has 1 aromatic carbocycles. The average Bonchev–Trinajstić information content (AvgIpc) is 2.42. The van der Waals surface area contributed by atoms with Gasteiger partial charge >= 0.3 is 12.0 Å². The summed E-state index contributed by atoms with van der Waals surface area (Å²) in [5.41, 5.74) is 0.245. The highest BCUT2D eigenvalue weighted by Gasteiger charge is 2.18. The van der Waals surface area contributed by atoms with Crippen LogP contribution >= 0.6 is 0 Å². The van der Waals surface area contributed by atoms with E-state index in [0.29, 0.717) is 5.56 Å². The lowest BCUT2D eigenvalue weighted by molar-refractivity contribution is -0.385. The lowest BCUT2D eigenvalue weighted by Crippen LogP contribution is -2.45. The second-order valence-electron chi connectivity index (χ2n) is 4.01. The highest BCUT2D eigenvalue weighted by atomic mass is 16.6. The molecule has 1 aromatic rings. The summed E-state index contributed by atoms with van der Waals surface area (Å²) in [5, 5.41) is 24.2. The second kappa shape index (κ2) is 7.07. The zero-order valence-electron chi connectivity index (χ0n) is 10.8. The summed E-state index contributed by atoms with van der Waals surface area (Å²) >= 11 is 0. The van der Waals surface area contributed by atoms with E-state index in [1.807, 2.05) is 0 Å². The molecule has 2 amide bonds. The molecule has 0 aliphatic rings. The van der Waals surface area contributed by atoms with Crippen LogP contribution in [0.15, 0.2) is 24.3 Å². The Morgan fingerprint density at radius 3 is 2.60 bits per heavy atom. The number of amides is 2. The van der Waals surface area contributed by atoms with Crippen LogP contribution < -0.4 is 10.6 Å². The molecule has 8 heteroatoms. The van der Waals surface area contributed by atoms with Crippen LogP contribution in [0.4, 0.5) is 10.5 Å². The normalized spacial score (nSPS) is 11.4. The van der Waals surface area contributed by atoms with Gasteiger partial charge in [-0.15, -0.1) is 0 Å². The van der Waals surface area contributed by atoms with Gasteiger partial charge in [0.05, 0.1) is 11.5 Å². The van der Waals surface area contributed by atoms with Gasteiger partial charge in [-0.05, 0) is 6.42 Å². The van der Waals surface area contributed by atoms with E-state index in [-0.39, 0.29) is 18.7 Å². The summed E-state index contributed by atoms with van der Waals surface area (Å²) in [6.07, 6.45) is 0.244. The van der Waals surface area contributed by atoms with Crippen molar-refractivity contribution in [1.82, 2.24) is 10.6 Å². The number of rotatable bonds is 6. The van der Waals surface area contributed by atoms with Gasteiger partial charge in [-0.3, -0.25) is 10.1 Å². The molecule has 0 saturated heterocycles. The van der Waals surface area contributed by atoms with E-state index in [1.165, 1.54) is 18.2 Å². The lowest BCUT2D eigenvalue weighted by Gasteiger charge is -2.13. The molecule has 0 aliphatic carbocycles. The monoisotopic (exact) mass is 281 g/mol. The quantitative estimate of drug-likeness (QED) is 0.535. The van der Waals surface area contributed by atoms with Crippen molar-refractivity contribution in [2.75, 3.05) is 0 Å². The molecule has 8 nitrogen and oxygen atoms in total. The van der Waals surface area contributed by atoms with Gasteiger partial charge in [0.25, 0.3) is 5.69 Å². The molecule has 0 radical (unpaired) electrons. The summed E-state index contributed by atoms with van der Waals surface area (Å²) in [6.45, 7) is 1.57.